The van der Waals surface area contributed by atoms with Gasteiger partial charge in [-0.15, -0.1) is 0 Å². The van der Waals surface area contributed by atoms with E-state index in [9.17, 15) is 13.6 Å². The average Bonchev–Trinajstić information content (AvgIpc) is 2.73. The molecule has 0 saturated carbocycles. The van der Waals surface area contributed by atoms with Gasteiger partial charge in [0.05, 0.1) is 11.3 Å². The molecule has 9 heteroatoms. The normalized spacial score (nSPS) is 10.5. The molecule has 6 nitrogen and oxygen atoms in total. The summed E-state index contributed by atoms with van der Waals surface area (Å²) in [5.41, 5.74) is 8.21. The van der Waals surface area contributed by atoms with Crippen molar-refractivity contribution in [2.24, 2.45) is 5.73 Å². The van der Waals surface area contributed by atoms with Crippen LogP contribution in [0.1, 0.15) is 29.3 Å². The fraction of sp³-hybridized carbons (Fsp3) is 0.182. The van der Waals surface area contributed by atoms with Crippen molar-refractivity contribution in [2.75, 3.05) is 21.1 Å². The van der Waals surface area contributed by atoms with Gasteiger partial charge in [0.1, 0.15) is 17.5 Å². The zero-order valence-corrected chi connectivity index (χ0v) is 17.7. The van der Waals surface area contributed by atoms with Crippen LogP contribution in [-0.2, 0) is 6.54 Å². The molecule has 0 atom stereocenters. The molecule has 2 aromatic carbocycles. The van der Waals surface area contributed by atoms with E-state index in [0.29, 0.717) is 17.1 Å². The first-order valence-electron chi connectivity index (χ1n) is 9.68. The minimum atomic E-state index is -0.671. The van der Waals surface area contributed by atoms with Crippen LogP contribution in [0.4, 0.5) is 31.7 Å². The summed E-state index contributed by atoms with van der Waals surface area (Å²) < 4.78 is 30.1. The van der Waals surface area contributed by atoms with Crippen LogP contribution in [0.2, 0.25) is 0 Å². The quantitative estimate of drug-likeness (QED) is 0.252. The molecule has 1 heterocycles. The lowest BCUT2D eigenvalue weighted by molar-refractivity contribution is 0.100. The van der Waals surface area contributed by atoms with E-state index in [1.165, 1.54) is 18.3 Å². The predicted octanol–water partition coefficient (Wildman–Crippen LogP) is 5.28. The maximum Gasteiger partial charge on any atom is 0.252 e. The SMILES string of the molecule is CCCSNc1ccc(Nc2cc(NCc3cc(F)cc(F)c3)c(C(N)=O)cn2)cc1. The number of nitrogens with one attached hydrogen (secondary N) is 3. The topological polar surface area (TPSA) is 92.1 Å². The molecule has 0 saturated heterocycles. The molecule has 0 aliphatic heterocycles. The van der Waals surface area contributed by atoms with Gasteiger partial charge in [0.15, 0.2) is 0 Å². The van der Waals surface area contributed by atoms with Crippen molar-refractivity contribution in [1.29, 1.82) is 0 Å². The zero-order valence-electron chi connectivity index (χ0n) is 16.9. The average molecular weight is 444 g/mol. The van der Waals surface area contributed by atoms with Gasteiger partial charge in [0, 0.05) is 42.0 Å². The number of hydrogen-bond acceptors (Lipinski definition) is 6. The van der Waals surface area contributed by atoms with E-state index >= 15 is 0 Å². The minimum Gasteiger partial charge on any atom is -0.380 e. The number of rotatable bonds is 10. The van der Waals surface area contributed by atoms with Crippen molar-refractivity contribution in [3.63, 3.8) is 0 Å². The fourth-order valence-corrected chi connectivity index (χ4v) is 3.39. The lowest BCUT2D eigenvalue weighted by Crippen LogP contribution is -2.15. The van der Waals surface area contributed by atoms with Gasteiger partial charge in [-0.25, -0.2) is 13.8 Å². The van der Waals surface area contributed by atoms with Crippen molar-refractivity contribution in [3.8, 4) is 0 Å². The van der Waals surface area contributed by atoms with Crippen LogP contribution in [0.3, 0.4) is 0 Å². The van der Waals surface area contributed by atoms with Crippen molar-refractivity contribution in [2.45, 2.75) is 19.9 Å². The van der Waals surface area contributed by atoms with Gasteiger partial charge < -0.3 is 21.1 Å². The predicted molar refractivity (Wildman–Crippen MR) is 123 cm³/mol. The number of carbonyl (C=O) groups excluding carboxylic acids is 1. The molecular formula is C22H23F2N5OS. The Kier molecular flexibility index (Phi) is 7.66. The van der Waals surface area contributed by atoms with Crippen molar-refractivity contribution in [3.05, 3.63) is 77.5 Å². The van der Waals surface area contributed by atoms with Crippen LogP contribution >= 0.6 is 11.9 Å². The van der Waals surface area contributed by atoms with Crippen LogP contribution in [0.25, 0.3) is 0 Å². The Labute approximate surface area is 183 Å². The Morgan fingerprint density at radius 1 is 1.06 bits per heavy atom. The third kappa shape index (κ3) is 6.58. The van der Waals surface area contributed by atoms with Crippen LogP contribution in [0.15, 0.2) is 54.7 Å². The molecule has 162 valence electrons. The highest BCUT2D eigenvalue weighted by Gasteiger charge is 2.11. The summed E-state index contributed by atoms with van der Waals surface area (Å²) in [6.07, 6.45) is 2.45. The summed E-state index contributed by atoms with van der Waals surface area (Å²) >= 11 is 1.65. The Bertz CT molecular complexity index is 1030. The smallest absolute Gasteiger partial charge is 0.252 e. The first-order chi connectivity index (χ1) is 14.9. The third-order valence-electron chi connectivity index (χ3n) is 4.23. The Balaban J connectivity index is 1.72. The summed E-state index contributed by atoms with van der Waals surface area (Å²) in [5, 5.41) is 6.17. The number of nitrogens with zero attached hydrogens (tertiary/aromatic N) is 1. The van der Waals surface area contributed by atoms with E-state index in [2.05, 4.69) is 27.3 Å². The summed E-state index contributed by atoms with van der Waals surface area (Å²) in [6.45, 7) is 2.23. The van der Waals surface area contributed by atoms with Gasteiger partial charge in [0.25, 0.3) is 5.91 Å². The van der Waals surface area contributed by atoms with E-state index in [1.54, 1.807) is 18.0 Å². The Morgan fingerprint density at radius 3 is 2.39 bits per heavy atom. The molecule has 0 fully saturated rings. The minimum absolute atomic E-state index is 0.105. The monoisotopic (exact) mass is 443 g/mol. The molecule has 0 aliphatic carbocycles. The molecular weight excluding hydrogens is 420 g/mol. The standard InChI is InChI=1S/C22H23F2N5OS/c1-2-7-31-29-18-5-3-17(4-6-18)28-21-11-20(19(13-27-21)22(25)30)26-12-14-8-15(23)10-16(24)9-14/h3-6,8-11,13,29H,2,7,12H2,1H3,(H2,25,30)(H2,26,27,28). The van der Waals surface area contributed by atoms with Crippen LogP contribution in [0.5, 0.6) is 0 Å². The van der Waals surface area contributed by atoms with Crippen LogP contribution < -0.4 is 21.1 Å². The van der Waals surface area contributed by atoms with E-state index in [-0.39, 0.29) is 12.1 Å². The molecule has 0 aliphatic rings. The van der Waals surface area contributed by atoms with E-state index in [0.717, 1.165) is 29.6 Å². The van der Waals surface area contributed by atoms with Gasteiger partial charge in [-0.2, -0.15) is 0 Å². The van der Waals surface area contributed by atoms with Gasteiger partial charge in [0.2, 0.25) is 0 Å². The van der Waals surface area contributed by atoms with E-state index in [4.69, 9.17) is 5.73 Å². The second kappa shape index (κ2) is 10.6. The number of carbonyl (C=O) groups is 1. The molecule has 0 unspecified atom stereocenters. The van der Waals surface area contributed by atoms with Crippen molar-refractivity contribution < 1.29 is 13.6 Å². The molecule has 31 heavy (non-hydrogen) atoms. The van der Waals surface area contributed by atoms with Crippen molar-refractivity contribution in [1.82, 2.24) is 4.98 Å². The maximum absolute atomic E-state index is 13.4. The van der Waals surface area contributed by atoms with E-state index in [1.807, 2.05) is 24.3 Å². The van der Waals surface area contributed by atoms with E-state index < -0.39 is 17.5 Å². The van der Waals surface area contributed by atoms with Crippen molar-refractivity contribution >= 4 is 40.7 Å². The second-order valence-electron chi connectivity index (χ2n) is 6.76. The molecule has 0 spiro atoms. The number of halogens is 2. The summed E-state index contributed by atoms with van der Waals surface area (Å²) in [5.74, 6) is -0.496. The molecule has 3 rings (SSSR count). The lowest BCUT2D eigenvalue weighted by atomic mass is 10.1. The first-order valence-corrected chi connectivity index (χ1v) is 10.7. The highest BCUT2D eigenvalue weighted by molar-refractivity contribution is 8.00. The molecule has 0 bridgehead atoms. The summed E-state index contributed by atoms with van der Waals surface area (Å²) in [4.78, 5) is 16.0. The first kappa shape index (κ1) is 22.4. The van der Waals surface area contributed by atoms with Gasteiger partial charge >= 0.3 is 0 Å². The van der Waals surface area contributed by atoms with Crippen LogP contribution in [0, 0.1) is 11.6 Å². The van der Waals surface area contributed by atoms with Crippen LogP contribution in [-0.4, -0.2) is 16.6 Å². The fourth-order valence-electron chi connectivity index (χ4n) is 2.78. The zero-order chi connectivity index (χ0) is 22.2. The molecule has 1 amide bonds. The summed E-state index contributed by atoms with van der Waals surface area (Å²) in [6, 6.07) is 12.6. The van der Waals surface area contributed by atoms with Gasteiger partial charge in [-0.1, -0.05) is 18.9 Å². The Hall–Kier alpha value is -3.33. The number of amides is 1. The number of primary amides is 1. The summed E-state index contributed by atoms with van der Waals surface area (Å²) in [7, 11) is 0. The lowest BCUT2D eigenvalue weighted by Gasteiger charge is -2.13. The number of aromatic nitrogens is 1. The number of nitrogens with two attached hydrogens (primary N) is 1. The number of anilines is 4. The Morgan fingerprint density at radius 2 is 1.74 bits per heavy atom. The largest absolute Gasteiger partial charge is 0.380 e. The third-order valence-corrected chi connectivity index (χ3v) is 5.22. The molecule has 0 radical (unpaired) electrons. The van der Waals surface area contributed by atoms with Gasteiger partial charge in [-0.05, 0) is 48.4 Å². The highest BCUT2D eigenvalue weighted by Crippen LogP contribution is 2.24. The van der Waals surface area contributed by atoms with Gasteiger partial charge in [-0.3, -0.25) is 4.79 Å². The maximum atomic E-state index is 13.4. The second-order valence-corrected chi connectivity index (χ2v) is 7.66. The molecule has 3 aromatic rings. The molecule has 5 N–H and O–H groups in total. The number of hydrogen-bond donors (Lipinski definition) is 4. The number of pyridine rings is 1. The molecule has 1 aromatic heterocycles. The number of benzene rings is 2. The highest BCUT2D eigenvalue weighted by atomic mass is 32.2.